The second-order valence-electron chi connectivity index (χ2n) is 6.82. The molecule has 4 rings (SSSR count). The number of sulfonamides is 1. The summed E-state index contributed by atoms with van der Waals surface area (Å²) in [5, 5.41) is 0.755. The highest BCUT2D eigenvalue weighted by Gasteiger charge is 2.39. The molecule has 2 heterocycles. The van der Waals surface area contributed by atoms with Crippen molar-refractivity contribution in [2.75, 3.05) is 10.8 Å². The van der Waals surface area contributed by atoms with Crippen LogP contribution in [0.5, 0.6) is 5.75 Å². The Morgan fingerprint density at radius 1 is 1.16 bits per heavy atom. The molecule has 0 radical (unpaired) electrons. The fourth-order valence-corrected chi connectivity index (χ4v) is 4.33. The number of ether oxygens (including phenoxy) is 2. The standard InChI is InChI=1S/C20H19N3O7S/c24-19-21-18(30-22-19)11-10-15-12-23(16-8-4-5-9-17(16)29-15)31(26,27)20(25)28-13-14-6-2-1-3-7-14/h1-9,15H,10-13H2,(H,22,24)/t15-/m0/s1. The number of rotatable bonds is 6. The SMILES string of the molecule is O=C(OCc1ccccc1)S(=O)(=O)N1C[C@H](CCc2nc(=O)[nH]o2)Oc2ccccc21. The van der Waals surface area contributed by atoms with Gasteiger partial charge in [-0.05, 0) is 24.1 Å². The van der Waals surface area contributed by atoms with Gasteiger partial charge in [0.15, 0.2) is 0 Å². The Morgan fingerprint density at radius 2 is 1.90 bits per heavy atom. The molecule has 1 aromatic heterocycles. The van der Waals surface area contributed by atoms with Crippen molar-refractivity contribution in [1.29, 1.82) is 0 Å². The van der Waals surface area contributed by atoms with Gasteiger partial charge in [0.1, 0.15) is 18.5 Å². The van der Waals surface area contributed by atoms with E-state index in [0.29, 0.717) is 17.7 Å². The number of para-hydroxylation sites is 2. The van der Waals surface area contributed by atoms with Crippen LogP contribution in [0.25, 0.3) is 0 Å². The monoisotopic (exact) mass is 445 g/mol. The van der Waals surface area contributed by atoms with E-state index in [1.165, 1.54) is 0 Å². The largest absolute Gasteiger partial charge is 0.486 e. The first kappa shape index (κ1) is 20.7. The predicted octanol–water partition coefficient (Wildman–Crippen LogP) is 2.23. The number of aromatic amines is 1. The molecule has 0 unspecified atom stereocenters. The molecule has 10 nitrogen and oxygen atoms in total. The first-order chi connectivity index (χ1) is 14.9. The lowest BCUT2D eigenvalue weighted by molar-refractivity contribution is 0.164. The van der Waals surface area contributed by atoms with Crippen molar-refractivity contribution in [3.05, 3.63) is 76.5 Å². The summed E-state index contributed by atoms with van der Waals surface area (Å²) in [7, 11) is -4.46. The Morgan fingerprint density at radius 3 is 2.65 bits per heavy atom. The molecular formula is C20H19N3O7S. The third-order valence-electron chi connectivity index (χ3n) is 4.66. The van der Waals surface area contributed by atoms with Gasteiger partial charge >= 0.3 is 21.0 Å². The lowest BCUT2D eigenvalue weighted by atomic mass is 10.1. The van der Waals surface area contributed by atoms with E-state index in [0.717, 1.165) is 4.31 Å². The quantitative estimate of drug-likeness (QED) is 0.571. The summed E-state index contributed by atoms with van der Waals surface area (Å²) < 4.78 is 42.9. The van der Waals surface area contributed by atoms with Crippen molar-refractivity contribution in [2.45, 2.75) is 25.6 Å². The minimum atomic E-state index is -4.46. The van der Waals surface area contributed by atoms with Gasteiger partial charge in [0.2, 0.25) is 5.89 Å². The minimum absolute atomic E-state index is 0.103. The van der Waals surface area contributed by atoms with E-state index in [9.17, 15) is 18.0 Å². The number of hydrogen-bond donors (Lipinski definition) is 1. The topological polar surface area (TPSA) is 132 Å². The molecule has 162 valence electrons. The van der Waals surface area contributed by atoms with Crippen molar-refractivity contribution in [3.8, 4) is 5.75 Å². The maximum absolute atomic E-state index is 13.0. The number of nitrogens with zero attached hydrogens (tertiary/aromatic N) is 2. The predicted molar refractivity (Wildman–Crippen MR) is 109 cm³/mol. The van der Waals surface area contributed by atoms with Gasteiger partial charge in [-0.25, -0.2) is 9.59 Å². The molecule has 1 atom stereocenters. The normalized spacial score (nSPS) is 15.7. The number of nitrogens with one attached hydrogen (secondary N) is 1. The van der Waals surface area contributed by atoms with Crippen LogP contribution in [-0.2, 0) is 27.8 Å². The highest BCUT2D eigenvalue weighted by molar-refractivity contribution is 8.06. The first-order valence-corrected chi connectivity index (χ1v) is 10.9. The van der Waals surface area contributed by atoms with Gasteiger partial charge < -0.3 is 14.0 Å². The molecule has 0 bridgehead atoms. The van der Waals surface area contributed by atoms with Crippen molar-refractivity contribution in [3.63, 3.8) is 0 Å². The number of H-pyrrole nitrogens is 1. The summed E-state index contributed by atoms with van der Waals surface area (Å²) in [5.41, 5.74) is 0.323. The molecule has 1 aliphatic rings. The minimum Gasteiger partial charge on any atom is -0.486 e. The Labute approximate surface area is 177 Å². The van der Waals surface area contributed by atoms with Crippen molar-refractivity contribution in [2.24, 2.45) is 0 Å². The van der Waals surface area contributed by atoms with Gasteiger partial charge in [-0.1, -0.05) is 42.5 Å². The fraction of sp³-hybridized carbons (Fsp3) is 0.250. The summed E-state index contributed by atoms with van der Waals surface area (Å²) in [6.07, 6.45) is -0.0286. The summed E-state index contributed by atoms with van der Waals surface area (Å²) in [5.74, 6) is 0.505. The molecule has 0 spiro atoms. The van der Waals surface area contributed by atoms with Gasteiger partial charge in [-0.15, -0.1) is 0 Å². The molecule has 2 aromatic carbocycles. The number of carbonyl (C=O) groups excluding carboxylic acids is 1. The zero-order valence-electron chi connectivity index (χ0n) is 16.3. The average molecular weight is 445 g/mol. The van der Waals surface area contributed by atoms with Crippen LogP contribution in [0.15, 0.2) is 63.9 Å². The van der Waals surface area contributed by atoms with Crippen molar-refractivity contribution in [1.82, 2.24) is 10.1 Å². The lowest BCUT2D eigenvalue weighted by Crippen LogP contribution is -2.46. The van der Waals surface area contributed by atoms with Crippen molar-refractivity contribution < 1.29 is 27.2 Å². The van der Waals surface area contributed by atoms with E-state index < -0.39 is 27.1 Å². The van der Waals surface area contributed by atoms with E-state index >= 15 is 0 Å². The van der Waals surface area contributed by atoms with Crippen LogP contribution < -0.4 is 14.7 Å². The van der Waals surface area contributed by atoms with Crippen LogP contribution in [0.2, 0.25) is 0 Å². The average Bonchev–Trinajstić information content (AvgIpc) is 3.21. The number of aromatic nitrogens is 2. The van der Waals surface area contributed by atoms with Crippen LogP contribution in [-0.4, -0.2) is 36.5 Å². The van der Waals surface area contributed by atoms with E-state index in [1.54, 1.807) is 54.6 Å². The molecular weight excluding hydrogens is 426 g/mol. The second-order valence-corrected chi connectivity index (χ2v) is 8.55. The first-order valence-electron chi connectivity index (χ1n) is 9.47. The summed E-state index contributed by atoms with van der Waals surface area (Å²) in [4.78, 5) is 27.2. The Balaban J connectivity index is 1.51. The molecule has 0 aliphatic carbocycles. The number of benzene rings is 2. The van der Waals surface area contributed by atoms with Gasteiger partial charge in [0.25, 0.3) is 0 Å². The van der Waals surface area contributed by atoms with Crippen molar-refractivity contribution >= 4 is 21.0 Å². The molecule has 0 saturated heterocycles. The summed E-state index contributed by atoms with van der Waals surface area (Å²) in [6.45, 7) is -0.263. The molecule has 0 amide bonds. The number of fused-ring (bicyclic) bond motifs is 1. The number of hydrogen-bond acceptors (Lipinski definition) is 8. The van der Waals surface area contributed by atoms with Crippen LogP contribution in [0.4, 0.5) is 10.5 Å². The number of carbonyl (C=O) groups is 1. The highest BCUT2D eigenvalue weighted by Crippen LogP contribution is 2.36. The Bertz CT molecular complexity index is 1220. The number of aryl methyl sites for hydroxylation is 1. The lowest BCUT2D eigenvalue weighted by Gasteiger charge is -2.34. The van der Waals surface area contributed by atoms with E-state index in [1.807, 2.05) is 0 Å². The van der Waals surface area contributed by atoms with Gasteiger partial charge in [0, 0.05) is 6.42 Å². The maximum Gasteiger partial charge on any atom is 0.445 e. The molecule has 31 heavy (non-hydrogen) atoms. The molecule has 1 N–H and O–H groups in total. The van der Waals surface area contributed by atoms with Gasteiger partial charge in [-0.3, -0.25) is 4.31 Å². The third kappa shape index (κ3) is 4.61. The Kier molecular flexibility index (Phi) is 5.76. The van der Waals surface area contributed by atoms with E-state index in [-0.39, 0.29) is 31.2 Å². The highest BCUT2D eigenvalue weighted by atomic mass is 32.2. The molecule has 1 aliphatic heterocycles. The summed E-state index contributed by atoms with van der Waals surface area (Å²) in [6, 6.07) is 15.3. The molecule has 11 heteroatoms. The van der Waals surface area contributed by atoms with Crippen LogP contribution in [0, 0.1) is 0 Å². The van der Waals surface area contributed by atoms with Crippen LogP contribution in [0.1, 0.15) is 17.9 Å². The van der Waals surface area contributed by atoms with Gasteiger partial charge in [-0.2, -0.15) is 18.6 Å². The molecule has 0 fully saturated rings. The van der Waals surface area contributed by atoms with Crippen LogP contribution >= 0.6 is 0 Å². The number of anilines is 1. The molecule has 0 saturated carbocycles. The smallest absolute Gasteiger partial charge is 0.445 e. The van der Waals surface area contributed by atoms with Crippen LogP contribution in [0.3, 0.4) is 0 Å². The third-order valence-corrected chi connectivity index (χ3v) is 6.13. The maximum atomic E-state index is 13.0. The van der Waals surface area contributed by atoms with Gasteiger partial charge in [0.05, 0.1) is 12.2 Å². The van der Waals surface area contributed by atoms with E-state index in [2.05, 4.69) is 10.1 Å². The zero-order chi connectivity index (χ0) is 21.8. The Hall–Kier alpha value is -3.60. The fourth-order valence-electron chi connectivity index (χ4n) is 3.17. The second kappa shape index (κ2) is 8.64. The summed E-state index contributed by atoms with van der Waals surface area (Å²) >= 11 is 0. The zero-order valence-corrected chi connectivity index (χ0v) is 17.1. The van der Waals surface area contributed by atoms with E-state index in [4.69, 9.17) is 14.0 Å². The molecule has 3 aromatic rings.